The molecule has 0 aromatic rings. The van der Waals surface area contributed by atoms with Gasteiger partial charge in [0.1, 0.15) is 0 Å². The molecule has 0 unspecified atom stereocenters. The van der Waals surface area contributed by atoms with Gasteiger partial charge in [-0.15, -0.1) is 0 Å². The minimum atomic E-state index is -0.577. The Morgan fingerprint density at radius 1 is 1.27 bits per heavy atom. The third-order valence-corrected chi connectivity index (χ3v) is 1.52. The molecule has 2 N–H and O–H groups in total. The maximum Gasteiger partial charge on any atom is 0.321 e. The summed E-state index contributed by atoms with van der Waals surface area (Å²) in [4.78, 5) is 34.1. The van der Waals surface area contributed by atoms with Crippen molar-refractivity contribution in [3.63, 3.8) is 0 Å². The number of nitrogens with zero attached hydrogens (tertiary/aromatic N) is 1. The maximum atomic E-state index is 11.1. The van der Waals surface area contributed by atoms with E-state index >= 15 is 0 Å². The molecule has 0 fully saturated rings. The molecule has 0 aliphatic rings. The molecule has 0 atom stereocenters. The zero-order chi connectivity index (χ0) is 11.8. The fraction of sp³-hybridized carbons (Fsp3) is 0.625. The molecule has 15 heavy (non-hydrogen) atoms. The highest BCUT2D eigenvalue weighted by atomic mass is 16.5. The Bertz CT molecular complexity index is 254. The summed E-state index contributed by atoms with van der Waals surface area (Å²) in [6.45, 7) is -0.0554. The summed E-state index contributed by atoms with van der Waals surface area (Å²) in [5.41, 5.74) is 0. The lowest BCUT2D eigenvalue weighted by molar-refractivity contribution is -0.141. The van der Waals surface area contributed by atoms with E-state index in [1.165, 1.54) is 19.1 Å². The van der Waals surface area contributed by atoms with Crippen molar-refractivity contribution in [3.05, 3.63) is 0 Å². The maximum absolute atomic E-state index is 11.1. The smallest absolute Gasteiger partial charge is 0.321 e. The van der Waals surface area contributed by atoms with Crippen molar-refractivity contribution >= 4 is 17.9 Å². The summed E-state index contributed by atoms with van der Waals surface area (Å²) in [5, 5.41) is 4.31. The first kappa shape index (κ1) is 13.4. The monoisotopic (exact) mass is 217 g/mol. The Hall–Kier alpha value is -1.63. The molecule has 0 saturated carbocycles. The topological polar surface area (TPSA) is 87.7 Å². The number of methoxy groups -OCH3 is 1. The third-order valence-electron chi connectivity index (χ3n) is 1.52. The number of imide groups is 1. The van der Waals surface area contributed by atoms with E-state index in [4.69, 9.17) is 0 Å². The molecule has 7 nitrogen and oxygen atoms in total. The minimum absolute atomic E-state index is 0.00232. The van der Waals surface area contributed by atoms with Gasteiger partial charge in [-0.05, 0) is 7.05 Å². The van der Waals surface area contributed by atoms with Gasteiger partial charge in [-0.3, -0.25) is 19.8 Å². The number of urea groups is 1. The number of rotatable bonds is 4. The van der Waals surface area contributed by atoms with Crippen LogP contribution in [0, 0.1) is 0 Å². The molecule has 3 amide bonds. The largest absolute Gasteiger partial charge is 0.468 e. The number of ether oxygens (including phenoxy) is 1. The van der Waals surface area contributed by atoms with E-state index in [-0.39, 0.29) is 13.1 Å². The van der Waals surface area contributed by atoms with Crippen molar-refractivity contribution in [2.24, 2.45) is 0 Å². The van der Waals surface area contributed by atoms with Crippen molar-refractivity contribution in [1.82, 2.24) is 15.5 Å². The molecule has 0 aliphatic carbocycles. The quantitative estimate of drug-likeness (QED) is 0.562. The van der Waals surface area contributed by atoms with Crippen LogP contribution in [0.4, 0.5) is 4.79 Å². The lowest BCUT2D eigenvalue weighted by Crippen LogP contribution is -2.43. The molecule has 86 valence electrons. The van der Waals surface area contributed by atoms with Crippen LogP contribution in [0.1, 0.15) is 0 Å². The Morgan fingerprint density at radius 2 is 1.87 bits per heavy atom. The normalized spacial score (nSPS) is 9.60. The molecular weight excluding hydrogens is 202 g/mol. The number of carbonyl (C=O) groups excluding carboxylic acids is 3. The molecule has 0 aromatic carbocycles. The highest BCUT2D eigenvalue weighted by molar-refractivity contribution is 5.95. The van der Waals surface area contributed by atoms with Gasteiger partial charge in [0.05, 0.1) is 20.2 Å². The van der Waals surface area contributed by atoms with Gasteiger partial charge in [0.15, 0.2) is 0 Å². The molecule has 0 saturated heterocycles. The van der Waals surface area contributed by atoms with E-state index < -0.39 is 17.9 Å². The summed E-state index contributed by atoms with van der Waals surface area (Å²) >= 11 is 0. The Balaban J connectivity index is 3.86. The van der Waals surface area contributed by atoms with Gasteiger partial charge < -0.3 is 10.1 Å². The van der Waals surface area contributed by atoms with Gasteiger partial charge >= 0.3 is 12.0 Å². The zero-order valence-electron chi connectivity index (χ0n) is 8.99. The summed E-state index contributed by atoms with van der Waals surface area (Å²) in [6.07, 6.45) is 0. The number of hydrogen-bond acceptors (Lipinski definition) is 5. The fourth-order valence-electron chi connectivity index (χ4n) is 0.815. The van der Waals surface area contributed by atoms with Crippen LogP contribution in [0.25, 0.3) is 0 Å². The van der Waals surface area contributed by atoms with Crippen LogP contribution < -0.4 is 10.6 Å². The molecule has 0 heterocycles. The zero-order valence-corrected chi connectivity index (χ0v) is 8.99. The predicted molar refractivity (Wildman–Crippen MR) is 52.1 cm³/mol. The van der Waals surface area contributed by atoms with Crippen LogP contribution in [0.2, 0.25) is 0 Å². The van der Waals surface area contributed by atoms with E-state index in [1.54, 1.807) is 7.05 Å². The number of nitrogens with one attached hydrogen (secondary N) is 2. The highest BCUT2D eigenvalue weighted by Crippen LogP contribution is 1.84. The van der Waals surface area contributed by atoms with Crippen LogP contribution in [-0.4, -0.2) is 57.1 Å². The van der Waals surface area contributed by atoms with Crippen LogP contribution >= 0.6 is 0 Å². The third kappa shape index (κ3) is 6.44. The molecule has 0 aromatic heterocycles. The Labute approximate surface area is 87.8 Å². The number of amides is 3. The lowest BCUT2D eigenvalue weighted by Gasteiger charge is -2.13. The van der Waals surface area contributed by atoms with Crippen LogP contribution in [0.3, 0.4) is 0 Å². The van der Waals surface area contributed by atoms with Gasteiger partial charge in [0.25, 0.3) is 0 Å². The number of hydrogen-bond donors (Lipinski definition) is 2. The second kappa shape index (κ2) is 6.77. The van der Waals surface area contributed by atoms with Crippen molar-refractivity contribution in [2.75, 3.05) is 34.3 Å². The van der Waals surface area contributed by atoms with Crippen LogP contribution in [-0.2, 0) is 14.3 Å². The molecule has 0 aliphatic heterocycles. The van der Waals surface area contributed by atoms with Gasteiger partial charge in [0, 0.05) is 7.05 Å². The highest BCUT2D eigenvalue weighted by Gasteiger charge is 2.12. The average molecular weight is 217 g/mol. The van der Waals surface area contributed by atoms with E-state index in [0.717, 1.165) is 0 Å². The Kier molecular flexibility index (Phi) is 6.03. The van der Waals surface area contributed by atoms with E-state index in [2.05, 4.69) is 15.4 Å². The van der Waals surface area contributed by atoms with Crippen molar-refractivity contribution in [2.45, 2.75) is 0 Å². The first-order valence-electron chi connectivity index (χ1n) is 4.26. The fourth-order valence-corrected chi connectivity index (χ4v) is 0.815. The number of esters is 1. The lowest BCUT2D eigenvalue weighted by atomic mass is 10.5. The first-order chi connectivity index (χ1) is 6.99. The van der Waals surface area contributed by atoms with E-state index in [0.29, 0.717) is 0 Å². The van der Waals surface area contributed by atoms with Crippen molar-refractivity contribution in [3.8, 4) is 0 Å². The minimum Gasteiger partial charge on any atom is -0.468 e. The molecular formula is C8H15N3O4. The van der Waals surface area contributed by atoms with Gasteiger partial charge in [0.2, 0.25) is 5.91 Å². The number of carbonyl (C=O) groups is 3. The van der Waals surface area contributed by atoms with Crippen molar-refractivity contribution in [1.29, 1.82) is 0 Å². The summed E-state index contributed by atoms with van der Waals surface area (Å²) < 4.78 is 4.41. The number of likely N-dealkylation sites (N-methyl/N-ethyl adjacent to an activating group) is 1. The molecule has 0 spiro atoms. The average Bonchev–Trinajstić information content (AvgIpc) is 2.16. The predicted octanol–water partition coefficient (Wildman–Crippen LogP) is -1.45. The van der Waals surface area contributed by atoms with Gasteiger partial charge in [-0.1, -0.05) is 0 Å². The summed E-state index contributed by atoms with van der Waals surface area (Å²) in [7, 11) is 4.24. The molecule has 0 radical (unpaired) electrons. The van der Waals surface area contributed by atoms with E-state index in [1.807, 2.05) is 0 Å². The Morgan fingerprint density at radius 3 is 2.33 bits per heavy atom. The van der Waals surface area contributed by atoms with Gasteiger partial charge in [-0.2, -0.15) is 0 Å². The molecule has 0 bridgehead atoms. The van der Waals surface area contributed by atoms with Crippen LogP contribution in [0.15, 0.2) is 0 Å². The standard InChI is InChI=1S/C8H15N3O4/c1-9-8(14)10-6(12)4-11(2)5-7(13)15-3/h4-5H2,1-3H3,(H2,9,10,12,14). The molecule has 7 heteroatoms. The van der Waals surface area contributed by atoms with Crippen LogP contribution in [0.5, 0.6) is 0 Å². The first-order valence-corrected chi connectivity index (χ1v) is 4.26. The SMILES string of the molecule is CNC(=O)NC(=O)CN(C)CC(=O)OC. The molecule has 0 rings (SSSR count). The second-order valence-corrected chi connectivity index (χ2v) is 2.88. The van der Waals surface area contributed by atoms with E-state index in [9.17, 15) is 14.4 Å². The second-order valence-electron chi connectivity index (χ2n) is 2.88. The van der Waals surface area contributed by atoms with Crippen molar-refractivity contribution < 1.29 is 19.1 Å². The van der Waals surface area contributed by atoms with Gasteiger partial charge in [-0.25, -0.2) is 4.79 Å². The summed E-state index contributed by atoms with van der Waals surface area (Å²) in [5.74, 6) is -0.925. The summed E-state index contributed by atoms with van der Waals surface area (Å²) in [6, 6.07) is -0.577.